The van der Waals surface area contributed by atoms with Crippen LogP contribution in [0.15, 0.2) is 18.3 Å². The van der Waals surface area contributed by atoms with Gasteiger partial charge in [0, 0.05) is 9.77 Å². The highest BCUT2D eigenvalue weighted by atomic mass is 127. The summed E-state index contributed by atoms with van der Waals surface area (Å²) < 4.78 is 2.57. The number of halogens is 1. The Hall–Kier alpha value is -1.18. The van der Waals surface area contributed by atoms with Gasteiger partial charge in [-0.3, -0.25) is 9.20 Å². The molecule has 2 aromatic rings. The molecular formula is C7H5IN4O. The largest absolute Gasteiger partial charge is 0.363 e. The molecule has 6 heteroatoms. The highest BCUT2D eigenvalue weighted by Crippen LogP contribution is 2.08. The van der Waals surface area contributed by atoms with Gasteiger partial charge in [0.15, 0.2) is 5.65 Å². The molecule has 0 aromatic carbocycles. The Bertz CT molecular complexity index is 478. The third-order valence-electron chi connectivity index (χ3n) is 1.59. The minimum atomic E-state index is -0.575. The van der Waals surface area contributed by atoms with Gasteiger partial charge in [-0.25, -0.2) is 0 Å². The van der Waals surface area contributed by atoms with Crippen LogP contribution in [0.25, 0.3) is 5.65 Å². The summed E-state index contributed by atoms with van der Waals surface area (Å²) in [6.45, 7) is 0. The molecule has 0 radical (unpaired) electrons. The van der Waals surface area contributed by atoms with Crippen molar-refractivity contribution in [1.82, 2.24) is 14.6 Å². The van der Waals surface area contributed by atoms with Gasteiger partial charge in [0.25, 0.3) is 5.91 Å². The first-order valence-electron chi connectivity index (χ1n) is 3.48. The topological polar surface area (TPSA) is 73.3 Å². The van der Waals surface area contributed by atoms with E-state index in [1.54, 1.807) is 16.7 Å². The molecule has 0 unspecified atom stereocenters. The zero-order valence-corrected chi connectivity index (χ0v) is 8.59. The third-order valence-corrected chi connectivity index (χ3v) is 2.22. The SMILES string of the molecule is NC(=O)c1nnc2ccc(I)cn12. The molecular weight excluding hydrogens is 283 g/mol. The van der Waals surface area contributed by atoms with Crippen LogP contribution in [0.3, 0.4) is 0 Å². The van der Waals surface area contributed by atoms with Gasteiger partial charge in [0.2, 0.25) is 5.82 Å². The van der Waals surface area contributed by atoms with E-state index in [9.17, 15) is 4.79 Å². The van der Waals surface area contributed by atoms with Crippen LogP contribution in [0.5, 0.6) is 0 Å². The van der Waals surface area contributed by atoms with Crippen molar-refractivity contribution in [3.8, 4) is 0 Å². The summed E-state index contributed by atoms with van der Waals surface area (Å²) >= 11 is 2.14. The van der Waals surface area contributed by atoms with Crippen molar-refractivity contribution < 1.29 is 4.79 Å². The molecule has 0 saturated heterocycles. The van der Waals surface area contributed by atoms with Gasteiger partial charge in [-0.15, -0.1) is 10.2 Å². The first-order valence-corrected chi connectivity index (χ1v) is 4.56. The lowest BCUT2D eigenvalue weighted by atomic mass is 10.4. The minimum Gasteiger partial charge on any atom is -0.363 e. The fraction of sp³-hybridized carbons (Fsp3) is 0. The quantitative estimate of drug-likeness (QED) is 0.773. The maximum atomic E-state index is 10.9. The molecule has 0 aliphatic heterocycles. The van der Waals surface area contributed by atoms with Crippen molar-refractivity contribution in [3.05, 3.63) is 27.7 Å². The Kier molecular flexibility index (Phi) is 1.91. The fourth-order valence-electron chi connectivity index (χ4n) is 1.03. The number of hydrogen-bond donors (Lipinski definition) is 1. The normalized spacial score (nSPS) is 10.5. The number of carbonyl (C=O) groups excluding carboxylic acids is 1. The predicted octanol–water partition coefficient (Wildman–Crippen LogP) is 0.433. The fourth-order valence-corrected chi connectivity index (χ4v) is 1.49. The maximum Gasteiger partial charge on any atom is 0.287 e. The molecule has 2 aromatic heterocycles. The summed E-state index contributed by atoms with van der Waals surface area (Å²) in [5, 5.41) is 7.46. The van der Waals surface area contributed by atoms with Gasteiger partial charge in [0.1, 0.15) is 0 Å². The minimum absolute atomic E-state index is 0.161. The number of fused-ring (bicyclic) bond motifs is 1. The molecule has 66 valence electrons. The Morgan fingerprint density at radius 1 is 1.46 bits per heavy atom. The van der Waals surface area contributed by atoms with Crippen LogP contribution in [-0.2, 0) is 0 Å². The van der Waals surface area contributed by atoms with Crippen LogP contribution < -0.4 is 5.73 Å². The van der Waals surface area contributed by atoms with E-state index in [1.165, 1.54) is 0 Å². The number of amides is 1. The van der Waals surface area contributed by atoms with Crippen LogP contribution in [0.4, 0.5) is 0 Å². The van der Waals surface area contributed by atoms with Crippen LogP contribution in [0, 0.1) is 3.57 Å². The molecule has 0 atom stereocenters. The number of nitrogens with two attached hydrogens (primary N) is 1. The number of rotatable bonds is 1. The molecule has 2 N–H and O–H groups in total. The lowest BCUT2D eigenvalue weighted by Crippen LogP contribution is -2.15. The Morgan fingerprint density at radius 2 is 2.23 bits per heavy atom. The standard InChI is InChI=1S/C7H5IN4O/c8-4-1-2-5-10-11-7(6(9)13)12(5)3-4/h1-3H,(H2,9,13). The molecule has 0 saturated carbocycles. The molecule has 2 heterocycles. The molecule has 2 rings (SSSR count). The van der Waals surface area contributed by atoms with Crippen molar-refractivity contribution in [2.24, 2.45) is 5.73 Å². The average molecular weight is 288 g/mol. The summed E-state index contributed by atoms with van der Waals surface area (Å²) in [4.78, 5) is 10.9. The average Bonchev–Trinajstić information content (AvgIpc) is 2.46. The van der Waals surface area contributed by atoms with Crippen LogP contribution in [-0.4, -0.2) is 20.5 Å². The second kappa shape index (κ2) is 2.95. The Balaban J connectivity index is 2.79. The van der Waals surface area contributed by atoms with Gasteiger partial charge in [-0.05, 0) is 34.7 Å². The highest BCUT2D eigenvalue weighted by Gasteiger charge is 2.09. The van der Waals surface area contributed by atoms with Gasteiger partial charge in [-0.1, -0.05) is 0 Å². The maximum absolute atomic E-state index is 10.9. The molecule has 0 aliphatic carbocycles. The summed E-state index contributed by atoms with van der Waals surface area (Å²) in [6, 6.07) is 3.66. The summed E-state index contributed by atoms with van der Waals surface area (Å²) in [7, 11) is 0. The van der Waals surface area contributed by atoms with Gasteiger partial charge in [0.05, 0.1) is 0 Å². The first kappa shape index (κ1) is 8.42. The van der Waals surface area contributed by atoms with Crippen molar-refractivity contribution >= 4 is 34.1 Å². The lowest BCUT2D eigenvalue weighted by Gasteiger charge is -1.95. The highest BCUT2D eigenvalue weighted by molar-refractivity contribution is 14.1. The molecule has 0 fully saturated rings. The monoisotopic (exact) mass is 288 g/mol. The summed E-state index contributed by atoms with van der Waals surface area (Å²) in [6.07, 6.45) is 1.76. The third kappa shape index (κ3) is 1.37. The van der Waals surface area contributed by atoms with E-state index >= 15 is 0 Å². The molecule has 13 heavy (non-hydrogen) atoms. The van der Waals surface area contributed by atoms with Gasteiger partial charge < -0.3 is 5.73 Å². The second-order valence-electron chi connectivity index (χ2n) is 2.46. The Labute approximate surface area is 87.1 Å². The second-order valence-corrected chi connectivity index (χ2v) is 3.71. The van der Waals surface area contributed by atoms with E-state index in [4.69, 9.17) is 5.73 Å². The van der Waals surface area contributed by atoms with Crippen molar-refractivity contribution in [1.29, 1.82) is 0 Å². The van der Waals surface area contributed by atoms with Gasteiger partial charge in [-0.2, -0.15) is 0 Å². The zero-order chi connectivity index (χ0) is 9.42. The molecule has 0 spiro atoms. The van der Waals surface area contributed by atoms with E-state index in [2.05, 4.69) is 32.8 Å². The van der Waals surface area contributed by atoms with Crippen molar-refractivity contribution in [2.75, 3.05) is 0 Å². The summed E-state index contributed by atoms with van der Waals surface area (Å²) in [5.41, 5.74) is 5.73. The van der Waals surface area contributed by atoms with Crippen molar-refractivity contribution in [2.45, 2.75) is 0 Å². The molecule has 0 aliphatic rings. The van der Waals surface area contributed by atoms with Crippen LogP contribution >= 0.6 is 22.6 Å². The van der Waals surface area contributed by atoms with E-state index in [0.717, 1.165) is 3.57 Å². The number of hydrogen-bond acceptors (Lipinski definition) is 3. The van der Waals surface area contributed by atoms with Crippen LogP contribution in [0.2, 0.25) is 0 Å². The Morgan fingerprint density at radius 3 is 2.92 bits per heavy atom. The molecule has 0 bridgehead atoms. The van der Waals surface area contributed by atoms with Crippen LogP contribution in [0.1, 0.15) is 10.6 Å². The number of nitrogens with zero attached hydrogens (tertiary/aromatic N) is 3. The number of primary amides is 1. The number of aromatic nitrogens is 3. The predicted molar refractivity (Wildman–Crippen MR) is 54.2 cm³/mol. The van der Waals surface area contributed by atoms with E-state index < -0.39 is 5.91 Å². The first-order chi connectivity index (χ1) is 6.18. The van der Waals surface area contributed by atoms with Gasteiger partial charge >= 0.3 is 0 Å². The number of carbonyl (C=O) groups is 1. The molecule has 1 amide bonds. The van der Waals surface area contributed by atoms with E-state index in [-0.39, 0.29) is 5.82 Å². The van der Waals surface area contributed by atoms with E-state index in [1.807, 2.05) is 6.07 Å². The smallest absolute Gasteiger partial charge is 0.287 e. The number of pyridine rings is 1. The zero-order valence-electron chi connectivity index (χ0n) is 6.44. The lowest BCUT2D eigenvalue weighted by molar-refractivity contribution is 0.0989. The molecule has 5 nitrogen and oxygen atoms in total. The summed E-state index contributed by atoms with van der Waals surface area (Å²) in [5.74, 6) is -0.414. The van der Waals surface area contributed by atoms with Crippen molar-refractivity contribution in [3.63, 3.8) is 0 Å². The van der Waals surface area contributed by atoms with E-state index in [0.29, 0.717) is 5.65 Å².